The van der Waals surface area contributed by atoms with Crippen molar-refractivity contribution >= 4 is 18.0 Å². The lowest BCUT2D eigenvalue weighted by Crippen LogP contribution is -2.40. The van der Waals surface area contributed by atoms with Gasteiger partial charge in [-0.15, -0.1) is 0 Å². The zero-order valence-corrected chi connectivity index (χ0v) is 13.0. The SMILES string of the molecule is CCOC(=O)C1CCCN1C(=O)C=Cc1ccc(OC)cc1. The first-order chi connectivity index (χ1) is 10.7. The molecular formula is C17H21NO4. The Morgan fingerprint density at radius 1 is 1.32 bits per heavy atom. The van der Waals surface area contributed by atoms with Crippen molar-refractivity contribution in [1.82, 2.24) is 4.90 Å². The number of rotatable bonds is 5. The number of methoxy groups -OCH3 is 1. The van der Waals surface area contributed by atoms with Gasteiger partial charge in [0.1, 0.15) is 11.8 Å². The molecule has 1 fully saturated rings. The van der Waals surface area contributed by atoms with Crippen molar-refractivity contribution in [2.24, 2.45) is 0 Å². The van der Waals surface area contributed by atoms with Crippen molar-refractivity contribution in [2.45, 2.75) is 25.8 Å². The van der Waals surface area contributed by atoms with E-state index in [9.17, 15) is 9.59 Å². The van der Waals surface area contributed by atoms with Gasteiger partial charge < -0.3 is 14.4 Å². The Bertz CT molecular complexity index is 550. The minimum Gasteiger partial charge on any atom is -0.497 e. The van der Waals surface area contributed by atoms with Gasteiger partial charge in [0.25, 0.3) is 0 Å². The lowest BCUT2D eigenvalue weighted by molar-refractivity contribution is -0.151. The molecule has 0 radical (unpaired) electrons. The third-order valence-electron chi connectivity index (χ3n) is 3.63. The van der Waals surface area contributed by atoms with Gasteiger partial charge in [0.2, 0.25) is 5.91 Å². The first-order valence-corrected chi connectivity index (χ1v) is 7.45. The number of likely N-dealkylation sites (tertiary alicyclic amines) is 1. The van der Waals surface area contributed by atoms with Gasteiger partial charge in [-0.1, -0.05) is 12.1 Å². The topological polar surface area (TPSA) is 55.8 Å². The van der Waals surface area contributed by atoms with E-state index in [0.29, 0.717) is 19.6 Å². The molecule has 1 heterocycles. The zero-order valence-electron chi connectivity index (χ0n) is 13.0. The Kier molecular flexibility index (Phi) is 5.58. The molecule has 0 aliphatic carbocycles. The predicted octanol–water partition coefficient (Wildman–Crippen LogP) is 2.26. The largest absolute Gasteiger partial charge is 0.497 e. The normalized spacial score (nSPS) is 17.7. The number of esters is 1. The van der Waals surface area contributed by atoms with Crippen LogP contribution >= 0.6 is 0 Å². The highest BCUT2D eigenvalue weighted by Crippen LogP contribution is 2.19. The van der Waals surface area contributed by atoms with E-state index in [1.54, 1.807) is 25.0 Å². The molecule has 5 nitrogen and oxygen atoms in total. The third kappa shape index (κ3) is 3.87. The standard InChI is InChI=1S/C17H21NO4/c1-3-22-17(20)15-5-4-12-18(15)16(19)11-8-13-6-9-14(21-2)10-7-13/h6-11,15H,3-5,12H2,1-2H3. The summed E-state index contributed by atoms with van der Waals surface area (Å²) >= 11 is 0. The maximum absolute atomic E-state index is 12.3. The molecule has 1 unspecified atom stereocenters. The van der Waals surface area contributed by atoms with Crippen molar-refractivity contribution in [1.29, 1.82) is 0 Å². The third-order valence-corrected chi connectivity index (χ3v) is 3.63. The molecule has 0 saturated carbocycles. The minimum absolute atomic E-state index is 0.161. The Morgan fingerprint density at radius 2 is 2.05 bits per heavy atom. The minimum atomic E-state index is -0.451. The number of hydrogen-bond acceptors (Lipinski definition) is 4. The molecule has 1 aliphatic heterocycles. The smallest absolute Gasteiger partial charge is 0.328 e. The van der Waals surface area contributed by atoms with E-state index in [-0.39, 0.29) is 11.9 Å². The van der Waals surface area contributed by atoms with E-state index in [1.165, 1.54) is 6.08 Å². The van der Waals surface area contributed by atoms with Crippen LogP contribution in [0.25, 0.3) is 6.08 Å². The van der Waals surface area contributed by atoms with Crippen molar-refractivity contribution in [3.05, 3.63) is 35.9 Å². The summed E-state index contributed by atoms with van der Waals surface area (Å²) in [6, 6.07) is 6.96. The van der Waals surface area contributed by atoms with Crippen LogP contribution in [-0.2, 0) is 14.3 Å². The first-order valence-electron chi connectivity index (χ1n) is 7.45. The molecule has 5 heteroatoms. The van der Waals surface area contributed by atoms with Gasteiger partial charge in [-0.05, 0) is 43.5 Å². The first kappa shape index (κ1) is 16.1. The molecule has 1 aromatic rings. The summed E-state index contributed by atoms with van der Waals surface area (Å²) in [5.41, 5.74) is 0.904. The summed E-state index contributed by atoms with van der Waals surface area (Å²) in [5, 5.41) is 0. The summed E-state index contributed by atoms with van der Waals surface area (Å²) in [4.78, 5) is 25.7. The molecule has 0 spiro atoms. The highest BCUT2D eigenvalue weighted by molar-refractivity contribution is 5.95. The van der Waals surface area contributed by atoms with Gasteiger partial charge in [-0.25, -0.2) is 4.79 Å². The second-order valence-corrected chi connectivity index (χ2v) is 5.05. The molecular weight excluding hydrogens is 282 g/mol. The molecule has 0 aromatic heterocycles. The summed E-state index contributed by atoms with van der Waals surface area (Å²) < 4.78 is 10.1. The van der Waals surface area contributed by atoms with Crippen molar-refractivity contribution in [3.8, 4) is 5.75 Å². The van der Waals surface area contributed by atoms with E-state index < -0.39 is 6.04 Å². The number of amides is 1. The number of ether oxygens (including phenoxy) is 2. The average molecular weight is 303 g/mol. The summed E-state index contributed by atoms with van der Waals surface area (Å²) in [6.07, 6.45) is 4.73. The second kappa shape index (κ2) is 7.64. The van der Waals surface area contributed by atoms with Crippen LogP contribution in [0.5, 0.6) is 5.75 Å². The Morgan fingerprint density at radius 3 is 2.68 bits per heavy atom. The lowest BCUT2D eigenvalue weighted by atomic mass is 10.2. The van der Waals surface area contributed by atoms with Gasteiger partial charge in [-0.3, -0.25) is 4.79 Å². The highest BCUT2D eigenvalue weighted by Gasteiger charge is 2.33. The fraction of sp³-hybridized carbons (Fsp3) is 0.412. The van der Waals surface area contributed by atoms with Crippen LogP contribution in [0, 0.1) is 0 Å². The van der Waals surface area contributed by atoms with E-state index in [4.69, 9.17) is 9.47 Å². The van der Waals surface area contributed by atoms with Gasteiger partial charge in [0.15, 0.2) is 0 Å². The molecule has 1 amide bonds. The zero-order chi connectivity index (χ0) is 15.9. The van der Waals surface area contributed by atoms with Gasteiger partial charge >= 0.3 is 5.97 Å². The van der Waals surface area contributed by atoms with Crippen LogP contribution in [0.2, 0.25) is 0 Å². The molecule has 0 bridgehead atoms. The Hall–Kier alpha value is -2.30. The number of carbonyl (C=O) groups excluding carboxylic acids is 2. The van der Waals surface area contributed by atoms with Crippen LogP contribution in [0.4, 0.5) is 0 Å². The predicted molar refractivity (Wildman–Crippen MR) is 83.4 cm³/mol. The van der Waals surface area contributed by atoms with Crippen molar-refractivity contribution < 1.29 is 19.1 Å². The Labute approximate surface area is 130 Å². The number of carbonyl (C=O) groups is 2. The lowest BCUT2D eigenvalue weighted by Gasteiger charge is -2.21. The summed E-state index contributed by atoms with van der Waals surface area (Å²) in [5.74, 6) is 0.294. The molecule has 0 N–H and O–H groups in total. The van der Waals surface area contributed by atoms with Crippen LogP contribution in [0.1, 0.15) is 25.3 Å². The number of benzene rings is 1. The second-order valence-electron chi connectivity index (χ2n) is 5.05. The van der Waals surface area contributed by atoms with Gasteiger partial charge in [0, 0.05) is 12.6 Å². The molecule has 1 aromatic carbocycles. The van der Waals surface area contributed by atoms with Crippen LogP contribution in [0.3, 0.4) is 0 Å². The molecule has 22 heavy (non-hydrogen) atoms. The number of hydrogen-bond donors (Lipinski definition) is 0. The van der Waals surface area contributed by atoms with E-state index in [0.717, 1.165) is 17.7 Å². The quantitative estimate of drug-likeness (QED) is 0.618. The van der Waals surface area contributed by atoms with Crippen molar-refractivity contribution in [3.63, 3.8) is 0 Å². The fourth-order valence-corrected chi connectivity index (χ4v) is 2.49. The maximum atomic E-state index is 12.3. The highest BCUT2D eigenvalue weighted by atomic mass is 16.5. The Balaban J connectivity index is 2.00. The monoisotopic (exact) mass is 303 g/mol. The molecule has 118 valence electrons. The van der Waals surface area contributed by atoms with E-state index in [2.05, 4.69) is 0 Å². The van der Waals surface area contributed by atoms with Crippen LogP contribution < -0.4 is 4.74 Å². The van der Waals surface area contributed by atoms with Gasteiger partial charge in [0.05, 0.1) is 13.7 Å². The molecule has 1 aliphatic rings. The van der Waals surface area contributed by atoms with Crippen LogP contribution in [0.15, 0.2) is 30.3 Å². The summed E-state index contributed by atoms with van der Waals surface area (Å²) in [6.45, 7) is 2.69. The fourth-order valence-electron chi connectivity index (χ4n) is 2.49. The van der Waals surface area contributed by atoms with Crippen LogP contribution in [-0.4, -0.2) is 43.1 Å². The van der Waals surface area contributed by atoms with E-state index in [1.807, 2.05) is 24.3 Å². The number of nitrogens with zero attached hydrogens (tertiary/aromatic N) is 1. The molecule has 2 rings (SSSR count). The van der Waals surface area contributed by atoms with Crippen molar-refractivity contribution in [2.75, 3.05) is 20.3 Å². The maximum Gasteiger partial charge on any atom is 0.328 e. The van der Waals surface area contributed by atoms with Gasteiger partial charge in [-0.2, -0.15) is 0 Å². The summed E-state index contributed by atoms with van der Waals surface area (Å²) in [7, 11) is 1.61. The van der Waals surface area contributed by atoms with E-state index >= 15 is 0 Å². The molecule has 1 saturated heterocycles. The molecule has 1 atom stereocenters. The average Bonchev–Trinajstić information content (AvgIpc) is 3.03.